The number of thioether (sulfide) groups is 1. The lowest BCUT2D eigenvalue weighted by molar-refractivity contribution is -0.137. The lowest BCUT2D eigenvalue weighted by Gasteiger charge is -2.07. The van der Waals surface area contributed by atoms with Crippen LogP contribution in [0.1, 0.15) is 16.8 Å². The summed E-state index contributed by atoms with van der Waals surface area (Å²) in [5.41, 5.74) is -0.253. The van der Waals surface area contributed by atoms with E-state index in [2.05, 4.69) is 10.3 Å². The molecule has 0 aliphatic rings. The minimum absolute atomic E-state index is 0.226. The second-order valence-electron chi connectivity index (χ2n) is 4.47. The van der Waals surface area contributed by atoms with Gasteiger partial charge in [-0.1, -0.05) is 5.18 Å². The third-order valence-corrected chi connectivity index (χ3v) is 3.61. The first-order chi connectivity index (χ1) is 10.4. The van der Waals surface area contributed by atoms with E-state index in [1.54, 1.807) is 0 Å². The number of aromatic amines is 1. The number of nitrogens with one attached hydrogen (secondary N) is 1. The van der Waals surface area contributed by atoms with Gasteiger partial charge >= 0.3 is 6.18 Å². The fourth-order valence-corrected chi connectivity index (χ4v) is 2.52. The second-order valence-corrected chi connectivity index (χ2v) is 5.34. The van der Waals surface area contributed by atoms with Crippen molar-refractivity contribution in [3.05, 3.63) is 56.3 Å². The molecule has 0 radical (unpaired) electrons. The Labute approximate surface area is 127 Å². The minimum Gasteiger partial charge on any atom is -0.294 e. The van der Waals surface area contributed by atoms with Gasteiger partial charge in [-0.15, -0.1) is 0 Å². The van der Waals surface area contributed by atoms with E-state index in [1.807, 2.05) is 6.26 Å². The van der Waals surface area contributed by atoms with E-state index >= 15 is 0 Å². The Morgan fingerprint density at radius 2 is 1.91 bits per heavy atom. The highest BCUT2D eigenvalue weighted by molar-refractivity contribution is 7.97. The van der Waals surface area contributed by atoms with Crippen LogP contribution in [0.25, 0.3) is 5.69 Å². The molecule has 0 atom stereocenters. The van der Waals surface area contributed by atoms with Crippen LogP contribution < -0.4 is 5.56 Å². The van der Waals surface area contributed by atoms with Crippen molar-refractivity contribution in [3.8, 4) is 5.69 Å². The van der Waals surface area contributed by atoms with Crippen molar-refractivity contribution in [2.24, 2.45) is 5.18 Å². The number of rotatable bonds is 5. The molecule has 118 valence electrons. The van der Waals surface area contributed by atoms with E-state index in [0.29, 0.717) is 11.4 Å². The van der Waals surface area contributed by atoms with Gasteiger partial charge in [0, 0.05) is 5.75 Å². The molecule has 0 aliphatic carbocycles. The van der Waals surface area contributed by atoms with E-state index in [1.165, 1.54) is 23.9 Å². The van der Waals surface area contributed by atoms with Crippen LogP contribution in [0.2, 0.25) is 0 Å². The van der Waals surface area contributed by atoms with E-state index < -0.39 is 17.3 Å². The van der Waals surface area contributed by atoms with Gasteiger partial charge < -0.3 is 0 Å². The zero-order valence-corrected chi connectivity index (χ0v) is 12.3. The fourth-order valence-electron chi connectivity index (χ4n) is 1.99. The molecular weight excluding hydrogens is 319 g/mol. The van der Waals surface area contributed by atoms with Crippen molar-refractivity contribution < 1.29 is 13.2 Å². The first kappa shape index (κ1) is 16.3. The fraction of sp³-hybridized carbons (Fsp3) is 0.308. The van der Waals surface area contributed by atoms with E-state index in [4.69, 9.17) is 0 Å². The predicted octanol–water partition coefficient (Wildman–Crippen LogP) is 3.31. The number of benzene rings is 1. The maximum atomic E-state index is 12.5. The van der Waals surface area contributed by atoms with Gasteiger partial charge in [0.1, 0.15) is 6.54 Å². The van der Waals surface area contributed by atoms with Crippen molar-refractivity contribution in [2.75, 3.05) is 6.26 Å². The van der Waals surface area contributed by atoms with Crippen molar-refractivity contribution in [1.82, 2.24) is 9.78 Å². The predicted molar refractivity (Wildman–Crippen MR) is 78.1 cm³/mol. The number of H-pyrrole nitrogens is 1. The number of aromatic nitrogens is 2. The first-order valence-electron chi connectivity index (χ1n) is 6.17. The monoisotopic (exact) mass is 331 g/mol. The van der Waals surface area contributed by atoms with Gasteiger partial charge in [-0.2, -0.15) is 29.8 Å². The SMILES string of the molecule is CSCc1[nH]n(-c2ccc(C(F)(F)F)cc2)c(=O)c1CN=O. The number of alkyl halides is 3. The Bertz CT molecular complexity index is 720. The highest BCUT2D eigenvalue weighted by atomic mass is 32.2. The second kappa shape index (κ2) is 6.39. The first-order valence-corrected chi connectivity index (χ1v) is 7.56. The van der Waals surface area contributed by atoms with Crippen LogP contribution >= 0.6 is 11.8 Å². The summed E-state index contributed by atoms with van der Waals surface area (Å²) < 4.78 is 38.7. The topological polar surface area (TPSA) is 67.2 Å². The largest absolute Gasteiger partial charge is 0.416 e. The Hall–Kier alpha value is -2.03. The smallest absolute Gasteiger partial charge is 0.294 e. The minimum atomic E-state index is -4.43. The van der Waals surface area contributed by atoms with Crippen LogP contribution in [-0.2, 0) is 18.5 Å². The van der Waals surface area contributed by atoms with Gasteiger partial charge in [-0.05, 0) is 30.5 Å². The van der Waals surface area contributed by atoms with Gasteiger partial charge in [-0.25, -0.2) is 4.68 Å². The molecule has 9 heteroatoms. The van der Waals surface area contributed by atoms with E-state index in [9.17, 15) is 22.9 Å². The zero-order chi connectivity index (χ0) is 16.3. The summed E-state index contributed by atoms with van der Waals surface area (Å²) in [6.45, 7) is -0.279. The molecule has 5 nitrogen and oxygen atoms in total. The van der Waals surface area contributed by atoms with Crippen molar-refractivity contribution >= 4 is 11.8 Å². The maximum absolute atomic E-state index is 12.5. The molecule has 0 unspecified atom stereocenters. The number of nitroso groups, excluding NO2 is 1. The number of nitrogens with zero attached hydrogens (tertiary/aromatic N) is 2. The molecule has 22 heavy (non-hydrogen) atoms. The number of hydrogen-bond acceptors (Lipinski definition) is 4. The lowest BCUT2D eigenvalue weighted by Crippen LogP contribution is -2.17. The molecule has 1 aromatic carbocycles. The van der Waals surface area contributed by atoms with Gasteiger partial charge in [0.15, 0.2) is 0 Å². The molecule has 0 spiro atoms. The Morgan fingerprint density at radius 1 is 1.27 bits per heavy atom. The standard InChI is InChI=1S/C13H12F3N3O2S/c1-22-7-11-10(6-17-21)12(20)19(18-11)9-4-2-8(3-5-9)13(14,15)16/h2-5,18H,6-7H2,1H3. The van der Waals surface area contributed by atoms with Crippen LogP contribution in [0.5, 0.6) is 0 Å². The summed E-state index contributed by atoms with van der Waals surface area (Å²) in [4.78, 5) is 22.7. The number of halogens is 3. The van der Waals surface area contributed by atoms with Crippen LogP contribution in [0, 0.1) is 4.91 Å². The molecule has 2 rings (SSSR count). The molecule has 1 N–H and O–H groups in total. The molecule has 0 bridgehead atoms. The van der Waals surface area contributed by atoms with Crippen LogP contribution in [0.15, 0.2) is 34.2 Å². The number of hydrogen-bond donors (Lipinski definition) is 1. The normalized spacial score (nSPS) is 11.6. The molecule has 0 saturated carbocycles. The summed E-state index contributed by atoms with van der Waals surface area (Å²) in [5, 5.41) is 5.54. The third kappa shape index (κ3) is 3.24. The highest BCUT2D eigenvalue weighted by Crippen LogP contribution is 2.29. The summed E-state index contributed by atoms with van der Waals surface area (Å²) in [6.07, 6.45) is -2.61. The summed E-state index contributed by atoms with van der Waals surface area (Å²) in [6, 6.07) is 4.19. The summed E-state index contributed by atoms with van der Waals surface area (Å²) in [5.74, 6) is 0.466. The average Bonchev–Trinajstić information content (AvgIpc) is 2.77. The molecule has 2 aromatic rings. The third-order valence-electron chi connectivity index (χ3n) is 3.04. The van der Waals surface area contributed by atoms with Crippen molar-refractivity contribution in [2.45, 2.75) is 18.5 Å². The van der Waals surface area contributed by atoms with Crippen LogP contribution in [0.4, 0.5) is 13.2 Å². The Balaban J connectivity index is 2.46. The molecular formula is C13H12F3N3O2S. The molecule has 0 fully saturated rings. The zero-order valence-electron chi connectivity index (χ0n) is 11.5. The molecule has 0 amide bonds. The van der Waals surface area contributed by atoms with Crippen molar-refractivity contribution in [3.63, 3.8) is 0 Å². The van der Waals surface area contributed by atoms with Gasteiger partial charge in [0.25, 0.3) is 5.56 Å². The quantitative estimate of drug-likeness (QED) is 0.855. The van der Waals surface area contributed by atoms with Crippen molar-refractivity contribution in [1.29, 1.82) is 0 Å². The Kier molecular flexibility index (Phi) is 4.74. The maximum Gasteiger partial charge on any atom is 0.416 e. The van der Waals surface area contributed by atoms with Gasteiger partial charge in [0.2, 0.25) is 0 Å². The van der Waals surface area contributed by atoms with Crippen LogP contribution in [-0.4, -0.2) is 16.0 Å². The van der Waals surface area contributed by atoms with Gasteiger partial charge in [0.05, 0.1) is 22.5 Å². The van der Waals surface area contributed by atoms with Crippen LogP contribution in [0.3, 0.4) is 0 Å². The lowest BCUT2D eigenvalue weighted by atomic mass is 10.2. The Morgan fingerprint density at radius 3 is 2.41 bits per heavy atom. The molecule has 0 aliphatic heterocycles. The van der Waals surface area contributed by atoms with E-state index in [-0.39, 0.29) is 17.8 Å². The summed E-state index contributed by atoms with van der Waals surface area (Å²) in [7, 11) is 0. The highest BCUT2D eigenvalue weighted by Gasteiger charge is 2.30. The average molecular weight is 331 g/mol. The van der Waals surface area contributed by atoms with E-state index in [0.717, 1.165) is 16.8 Å². The molecule has 0 saturated heterocycles. The van der Waals surface area contributed by atoms with Gasteiger partial charge in [-0.3, -0.25) is 9.89 Å². The summed E-state index contributed by atoms with van der Waals surface area (Å²) >= 11 is 1.44. The molecule has 1 aromatic heterocycles. The molecule has 1 heterocycles.